The standard InChI is InChI=1S/C14H16F6N2O2/c15-10-7-9(1-2-11(10)24-14(18,19)20)12(13(16,17)8-23)22-5-3-21-4-6-22/h1-2,7,12,21,23H,3-6,8H2/t12-/m0/s1. The number of nitrogens with zero attached hydrogens (tertiary/aromatic N) is 1. The molecule has 0 saturated carbocycles. The van der Waals surface area contributed by atoms with Gasteiger partial charge in [-0.3, -0.25) is 4.90 Å². The summed E-state index contributed by atoms with van der Waals surface area (Å²) >= 11 is 0. The zero-order valence-corrected chi connectivity index (χ0v) is 12.4. The fourth-order valence-corrected chi connectivity index (χ4v) is 2.64. The Kier molecular flexibility index (Phi) is 5.61. The molecule has 1 saturated heterocycles. The summed E-state index contributed by atoms with van der Waals surface area (Å²) in [6.45, 7) is -0.166. The van der Waals surface area contributed by atoms with Crippen LogP contribution in [0.25, 0.3) is 0 Å². The molecule has 1 aromatic rings. The number of aliphatic hydroxyl groups is 1. The molecule has 1 fully saturated rings. The molecular weight excluding hydrogens is 342 g/mol. The first-order valence-corrected chi connectivity index (χ1v) is 7.13. The van der Waals surface area contributed by atoms with E-state index < -0.39 is 36.5 Å². The lowest BCUT2D eigenvalue weighted by atomic mass is 9.98. The molecule has 136 valence electrons. The third-order valence-corrected chi connectivity index (χ3v) is 3.62. The second-order valence-corrected chi connectivity index (χ2v) is 5.35. The third-order valence-electron chi connectivity index (χ3n) is 3.62. The molecule has 2 N–H and O–H groups in total. The van der Waals surface area contributed by atoms with Crippen LogP contribution in [0.4, 0.5) is 26.3 Å². The van der Waals surface area contributed by atoms with Crippen LogP contribution in [0.1, 0.15) is 11.6 Å². The van der Waals surface area contributed by atoms with E-state index in [9.17, 15) is 26.3 Å². The molecule has 4 nitrogen and oxygen atoms in total. The van der Waals surface area contributed by atoms with Gasteiger partial charge in [0.15, 0.2) is 11.6 Å². The Bertz CT molecular complexity index is 561. The van der Waals surface area contributed by atoms with E-state index in [4.69, 9.17) is 5.11 Å². The SMILES string of the molecule is OCC(F)(F)[C@H](c1ccc(OC(F)(F)F)c(F)c1)N1CCNCC1. The lowest BCUT2D eigenvalue weighted by Gasteiger charge is -2.38. The summed E-state index contributed by atoms with van der Waals surface area (Å²) in [5.74, 6) is -6.09. The molecular formula is C14H16F6N2O2. The van der Waals surface area contributed by atoms with Crippen LogP contribution in [0.2, 0.25) is 0 Å². The highest BCUT2D eigenvalue weighted by atomic mass is 19.4. The van der Waals surface area contributed by atoms with Gasteiger partial charge in [-0.15, -0.1) is 13.2 Å². The van der Waals surface area contributed by atoms with Crippen molar-refractivity contribution in [2.45, 2.75) is 18.3 Å². The monoisotopic (exact) mass is 358 g/mol. The van der Waals surface area contributed by atoms with Crippen molar-refractivity contribution < 1.29 is 36.2 Å². The van der Waals surface area contributed by atoms with E-state index in [0.29, 0.717) is 25.2 Å². The highest BCUT2D eigenvalue weighted by Crippen LogP contribution is 2.38. The van der Waals surface area contributed by atoms with Gasteiger partial charge in [-0.05, 0) is 17.7 Å². The minimum atomic E-state index is -5.09. The average molecular weight is 358 g/mol. The zero-order chi connectivity index (χ0) is 18.0. The quantitative estimate of drug-likeness (QED) is 0.793. The summed E-state index contributed by atoms with van der Waals surface area (Å²) in [6, 6.07) is 0.525. The lowest BCUT2D eigenvalue weighted by Crippen LogP contribution is -2.51. The zero-order valence-electron chi connectivity index (χ0n) is 12.4. The lowest BCUT2D eigenvalue weighted by molar-refractivity contribution is -0.275. The molecule has 0 aromatic heterocycles. The summed E-state index contributed by atoms with van der Waals surface area (Å²) in [7, 11) is 0. The minimum Gasteiger partial charge on any atom is -0.403 e. The third kappa shape index (κ3) is 4.52. The van der Waals surface area contributed by atoms with E-state index in [-0.39, 0.29) is 18.7 Å². The molecule has 0 bridgehead atoms. The number of hydrogen-bond acceptors (Lipinski definition) is 4. The summed E-state index contributed by atoms with van der Waals surface area (Å²) in [4.78, 5) is 1.35. The van der Waals surface area contributed by atoms with Crippen molar-refractivity contribution >= 4 is 0 Å². The van der Waals surface area contributed by atoms with E-state index in [1.165, 1.54) is 4.90 Å². The van der Waals surface area contributed by atoms with Gasteiger partial charge in [-0.25, -0.2) is 13.2 Å². The molecule has 0 aliphatic carbocycles. The number of alkyl halides is 5. The number of nitrogens with one attached hydrogen (secondary N) is 1. The van der Waals surface area contributed by atoms with Gasteiger partial charge in [0.25, 0.3) is 5.92 Å². The summed E-state index contributed by atoms with van der Waals surface area (Å²) in [5.41, 5.74) is -0.233. The molecule has 0 spiro atoms. The first kappa shape index (κ1) is 18.8. The fourth-order valence-electron chi connectivity index (χ4n) is 2.64. The van der Waals surface area contributed by atoms with Gasteiger partial charge in [0.2, 0.25) is 0 Å². The van der Waals surface area contributed by atoms with Crippen molar-refractivity contribution in [3.05, 3.63) is 29.6 Å². The summed E-state index contributed by atoms with van der Waals surface area (Å²) in [5, 5.41) is 11.9. The van der Waals surface area contributed by atoms with Crippen LogP contribution in [0.3, 0.4) is 0 Å². The number of piperazine rings is 1. The predicted molar refractivity (Wildman–Crippen MR) is 72.3 cm³/mol. The predicted octanol–water partition coefficient (Wildman–Crippen LogP) is 2.30. The van der Waals surface area contributed by atoms with E-state index in [1.807, 2.05) is 0 Å². The maximum Gasteiger partial charge on any atom is 0.573 e. The molecule has 0 amide bonds. The number of ether oxygens (including phenoxy) is 1. The van der Waals surface area contributed by atoms with Crippen LogP contribution in [0, 0.1) is 5.82 Å². The first-order chi connectivity index (χ1) is 11.1. The average Bonchev–Trinajstić information content (AvgIpc) is 2.50. The largest absolute Gasteiger partial charge is 0.573 e. The van der Waals surface area contributed by atoms with E-state index >= 15 is 0 Å². The maximum atomic E-state index is 14.1. The number of halogens is 6. The van der Waals surface area contributed by atoms with Gasteiger partial charge >= 0.3 is 6.36 Å². The van der Waals surface area contributed by atoms with Gasteiger partial charge < -0.3 is 15.2 Å². The Morgan fingerprint density at radius 3 is 2.29 bits per heavy atom. The Morgan fingerprint density at radius 2 is 1.79 bits per heavy atom. The topological polar surface area (TPSA) is 44.7 Å². The molecule has 1 aliphatic rings. The maximum absolute atomic E-state index is 14.1. The second-order valence-electron chi connectivity index (χ2n) is 5.35. The first-order valence-electron chi connectivity index (χ1n) is 7.13. The van der Waals surface area contributed by atoms with Crippen molar-refractivity contribution in [2.24, 2.45) is 0 Å². The molecule has 10 heteroatoms. The summed E-state index contributed by atoms with van der Waals surface area (Å²) < 4.78 is 82.1. The Balaban J connectivity index is 2.34. The van der Waals surface area contributed by atoms with E-state index in [0.717, 1.165) is 6.07 Å². The van der Waals surface area contributed by atoms with Crippen molar-refractivity contribution in [1.29, 1.82) is 0 Å². The summed E-state index contributed by atoms with van der Waals surface area (Å²) in [6.07, 6.45) is -5.09. The Morgan fingerprint density at radius 1 is 1.17 bits per heavy atom. The van der Waals surface area contributed by atoms with Crippen LogP contribution < -0.4 is 10.1 Å². The van der Waals surface area contributed by atoms with Crippen LogP contribution in [-0.2, 0) is 0 Å². The number of rotatable bonds is 5. The Labute approximate surface area is 134 Å². The molecule has 0 unspecified atom stereocenters. The van der Waals surface area contributed by atoms with Gasteiger partial charge in [0.1, 0.15) is 12.6 Å². The minimum absolute atomic E-state index is 0.225. The van der Waals surface area contributed by atoms with Crippen LogP contribution in [-0.4, -0.2) is 55.1 Å². The van der Waals surface area contributed by atoms with Crippen LogP contribution in [0.5, 0.6) is 5.75 Å². The van der Waals surface area contributed by atoms with Crippen LogP contribution >= 0.6 is 0 Å². The van der Waals surface area contributed by atoms with Crippen molar-refractivity contribution in [2.75, 3.05) is 32.8 Å². The van der Waals surface area contributed by atoms with Crippen molar-refractivity contribution in [3.8, 4) is 5.75 Å². The van der Waals surface area contributed by atoms with E-state index in [2.05, 4.69) is 10.1 Å². The van der Waals surface area contributed by atoms with Crippen LogP contribution in [0.15, 0.2) is 18.2 Å². The Hall–Kier alpha value is -1.52. The fraction of sp³-hybridized carbons (Fsp3) is 0.571. The molecule has 1 aliphatic heterocycles. The molecule has 1 aromatic carbocycles. The second kappa shape index (κ2) is 7.16. The smallest absolute Gasteiger partial charge is 0.403 e. The van der Waals surface area contributed by atoms with Gasteiger partial charge in [0, 0.05) is 26.2 Å². The van der Waals surface area contributed by atoms with E-state index in [1.54, 1.807) is 0 Å². The highest BCUT2D eigenvalue weighted by molar-refractivity contribution is 5.32. The van der Waals surface area contributed by atoms with Gasteiger partial charge in [0.05, 0.1) is 0 Å². The molecule has 0 radical (unpaired) electrons. The molecule has 24 heavy (non-hydrogen) atoms. The van der Waals surface area contributed by atoms with Crippen molar-refractivity contribution in [1.82, 2.24) is 10.2 Å². The van der Waals surface area contributed by atoms with Crippen molar-refractivity contribution in [3.63, 3.8) is 0 Å². The molecule has 2 rings (SSSR count). The molecule has 1 heterocycles. The normalized spacial score (nSPS) is 18.5. The van der Waals surface area contributed by atoms with Gasteiger partial charge in [-0.2, -0.15) is 0 Å². The number of aliphatic hydroxyl groups excluding tert-OH is 1. The van der Waals surface area contributed by atoms with Gasteiger partial charge in [-0.1, -0.05) is 6.07 Å². The number of hydrogen-bond donors (Lipinski definition) is 2. The highest BCUT2D eigenvalue weighted by Gasteiger charge is 2.44. The number of benzene rings is 1. The molecule has 1 atom stereocenters.